The standard InChI is InChI=1S/C34H35NO4/c1-37-34(36)29-17-18-30-31(20-22-38-33(30)23-29)35-21-19-28-9-5-6-10-32(28)39-24-27-15-13-26(14-16-27)12-11-25-7-3-2-4-8-25/h2-10,13-18,23,31,35H,11-12,19-22,24H2,1H3. The van der Waals surface area contributed by atoms with Crippen LogP contribution in [-0.2, 0) is 30.6 Å². The lowest BCUT2D eigenvalue weighted by Crippen LogP contribution is -2.29. The first-order chi connectivity index (χ1) is 19.2. The van der Waals surface area contributed by atoms with Crippen LogP contribution in [0.1, 0.15) is 50.6 Å². The minimum Gasteiger partial charge on any atom is -0.493 e. The maximum atomic E-state index is 11.9. The minimum absolute atomic E-state index is 0.175. The Morgan fingerprint density at radius 1 is 0.846 bits per heavy atom. The van der Waals surface area contributed by atoms with Crippen LogP contribution in [0.15, 0.2) is 97.1 Å². The Hall–Kier alpha value is -4.09. The first-order valence-electron chi connectivity index (χ1n) is 13.6. The number of aryl methyl sites for hydroxylation is 2. The molecule has 0 saturated carbocycles. The zero-order chi connectivity index (χ0) is 26.9. The van der Waals surface area contributed by atoms with Gasteiger partial charge in [-0.05, 0) is 66.3 Å². The van der Waals surface area contributed by atoms with E-state index in [0.717, 1.165) is 54.9 Å². The quantitative estimate of drug-likeness (QED) is 0.229. The van der Waals surface area contributed by atoms with E-state index in [2.05, 4.69) is 72.0 Å². The largest absolute Gasteiger partial charge is 0.493 e. The molecule has 4 aromatic carbocycles. The molecule has 1 aliphatic rings. The average Bonchev–Trinajstić information content (AvgIpc) is 3.00. The summed E-state index contributed by atoms with van der Waals surface area (Å²) in [4.78, 5) is 11.9. The van der Waals surface area contributed by atoms with Gasteiger partial charge in [0.15, 0.2) is 0 Å². The molecule has 5 rings (SSSR count). The van der Waals surface area contributed by atoms with Crippen molar-refractivity contribution in [3.05, 3.63) is 130 Å². The second-order valence-electron chi connectivity index (χ2n) is 9.84. The van der Waals surface area contributed by atoms with Gasteiger partial charge in [0.1, 0.15) is 18.1 Å². The summed E-state index contributed by atoms with van der Waals surface area (Å²) >= 11 is 0. The molecule has 0 radical (unpaired) electrons. The Labute approximate surface area is 230 Å². The molecule has 0 bridgehead atoms. The van der Waals surface area contributed by atoms with Gasteiger partial charge in [-0.15, -0.1) is 0 Å². The highest BCUT2D eigenvalue weighted by Gasteiger charge is 2.22. The van der Waals surface area contributed by atoms with Gasteiger partial charge in [0.05, 0.1) is 19.3 Å². The number of methoxy groups -OCH3 is 1. The van der Waals surface area contributed by atoms with E-state index in [9.17, 15) is 4.79 Å². The number of hydrogen-bond donors (Lipinski definition) is 1. The van der Waals surface area contributed by atoms with Crippen LogP contribution < -0.4 is 14.8 Å². The number of carbonyl (C=O) groups is 1. The molecular formula is C34H35NO4. The predicted molar refractivity (Wildman–Crippen MR) is 153 cm³/mol. The highest BCUT2D eigenvalue weighted by Crippen LogP contribution is 2.33. The van der Waals surface area contributed by atoms with Crippen LogP contribution in [0.3, 0.4) is 0 Å². The molecule has 200 valence electrons. The van der Waals surface area contributed by atoms with Crippen LogP contribution in [0.5, 0.6) is 11.5 Å². The minimum atomic E-state index is -0.355. The zero-order valence-corrected chi connectivity index (χ0v) is 22.4. The smallest absolute Gasteiger partial charge is 0.337 e. The predicted octanol–water partition coefficient (Wildman–Crippen LogP) is 6.49. The summed E-state index contributed by atoms with van der Waals surface area (Å²) < 4.78 is 16.9. The summed E-state index contributed by atoms with van der Waals surface area (Å²) in [7, 11) is 1.39. The van der Waals surface area contributed by atoms with Crippen molar-refractivity contribution in [2.24, 2.45) is 0 Å². The molecule has 0 aliphatic carbocycles. The van der Waals surface area contributed by atoms with E-state index in [4.69, 9.17) is 14.2 Å². The SMILES string of the molecule is COC(=O)c1ccc2c(c1)OCCC2NCCc1ccccc1OCc1ccc(CCc2ccccc2)cc1. The van der Waals surface area contributed by atoms with Crippen molar-refractivity contribution in [2.75, 3.05) is 20.3 Å². The van der Waals surface area contributed by atoms with Gasteiger partial charge in [-0.2, -0.15) is 0 Å². The van der Waals surface area contributed by atoms with Gasteiger partial charge in [-0.25, -0.2) is 4.79 Å². The summed E-state index contributed by atoms with van der Waals surface area (Å²) in [5.74, 6) is 1.31. The molecule has 0 aromatic heterocycles. The molecule has 4 aromatic rings. The fraction of sp³-hybridized carbons (Fsp3) is 0.265. The van der Waals surface area contributed by atoms with Crippen molar-refractivity contribution in [3.8, 4) is 11.5 Å². The van der Waals surface area contributed by atoms with Crippen LogP contribution in [0, 0.1) is 0 Å². The van der Waals surface area contributed by atoms with Gasteiger partial charge in [-0.1, -0.05) is 78.9 Å². The molecule has 1 atom stereocenters. The van der Waals surface area contributed by atoms with Crippen LogP contribution in [-0.4, -0.2) is 26.2 Å². The molecule has 1 heterocycles. The molecule has 39 heavy (non-hydrogen) atoms. The van der Waals surface area contributed by atoms with Gasteiger partial charge in [0.2, 0.25) is 0 Å². The molecule has 1 N–H and O–H groups in total. The molecular weight excluding hydrogens is 486 g/mol. The maximum Gasteiger partial charge on any atom is 0.337 e. The van der Waals surface area contributed by atoms with Gasteiger partial charge >= 0.3 is 5.97 Å². The number of para-hydroxylation sites is 1. The molecule has 0 spiro atoms. The van der Waals surface area contributed by atoms with E-state index in [1.165, 1.54) is 23.8 Å². The van der Waals surface area contributed by atoms with Crippen molar-refractivity contribution in [2.45, 2.75) is 38.3 Å². The van der Waals surface area contributed by atoms with Crippen molar-refractivity contribution in [1.29, 1.82) is 0 Å². The van der Waals surface area contributed by atoms with Gasteiger partial charge in [0, 0.05) is 18.0 Å². The highest BCUT2D eigenvalue weighted by molar-refractivity contribution is 5.90. The van der Waals surface area contributed by atoms with Crippen molar-refractivity contribution >= 4 is 5.97 Å². The van der Waals surface area contributed by atoms with Gasteiger partial charge < -0.3 is 19.5 Å². The number of hydrogen-bond acceptors (Lipinski definition) is 5. The number of nitrogens with one attached hydrogen (secondary N) is 1. The summed E-state index contributed by atoms with van der Waals surface area (Å²) in [6.45, 7) is 1.96. The molecule has 0 fully saturated rings. The number of fused-ring (bicyclic) bond motifs is 1. The molecule has 0 saturated heterocycles. The Kier molecular flexibility index (Phi) is 8.92. The molecule has 5 heteroatoms. The first kappa shape index (κ1) is 26.5. The topological polar surface area (TPSA) is 56.8 Å². The van der Waals surface area contributed by atoms with Crippen LogP contribution >= 0.6 is 0 Å². The third kappa shape index (κ3) is 7.06. The lowest BCUT2D eigenvalue weighted by Gasteiger charge is -2.27. The molecule has 1 aliphatic heterocycles. The maximum absolute atomic E-state index is 11.9. The highest BCUT2D eigenvalue weighted by atomic mass is 16.5. The number of carbonyl (C=O) groups excluding carboxylic acids is 1. The van der Waals surface area contributed by atoms with Crippen LogP contribution in [0.4, 0.5) is 0 Å². The van der Waals surface area contributed by atoms with E-state index in [1.54, 1.807) is 12.1 Å². The molecule has 1 unspecified atom stereocenters. The van der Waals surface area contributed by atoms with E-state index in [0.29, 0.717) is 18.8 Å². The van der Waals surface area contributed by atoms with Crippen LogP contribution in [0.2, 0.25) is 0 Å². The van der Waals surface area contributed by atoms with Crippen molar-refractivity contribution in [3.63, 3.8) is 0 Å². The number of benzene rings is 4. The van der Waals surface area contributed by atoms with E-state index < -0.39 is 0 Å². The fourth-order valence-electron chi connectivity index (χ4n) is 4.98. The van der Waals surface area contributed by atoms with E-state index in [-0.39, 0.29) is 12.0 Å². The monoisotopic (exact) mass is 521 g/mol. The second-order valence-corrected chi connectivity index (χ2v) is 9.84. The van der Waals surface area contributed by atoms with Crippen LogP contribution in [0.25, 0.3) is 0 Å². The van der Waals surface area contributed by atoms with Gasteiger partial charge in [0.25, 0.3) is 0 Å². The summed E-state index contributed by atoms with van der Waals surface area (Å²) in [6, 6.07) is 33.3. The Balaban J connectivity index is 1.13. The third-order valence-electron chi connectivity index (χ3n) is 7.19. The Bertz CT molecular complexity index is 1370. The third-order valence-corrected chi connectivity index (χ3v) is 7.19. The summed E-state index contributed by atoms with van der Waals surface area (Å²) in [5, 5.41) is 3.67. The number of ether oxygens (including phenoxy) is 3. The lowest BCUT2D eigenvalue weighted by molar-refractivity contribution is 0.0600. The van der Waals surface area contributed by atoms with Crippen molar-refractivity contribution in [1.82, 2.24) is 5.32 Å². The van der Waals surface area contributed by atoms with E-state index in [1.807, 2.05) is 18.2 Å². The summed E-state index contributed by atoms with van der Waals surface area (Å²) in [5.41, 5.74) is 6.62. The molecule has 0 amide bonds. The van der Waals surface area contributed by atoms with E-state index >= 15 is 0 Å². The number of esters is 1. The lowest BCUT2D eigenvalue weighted by atomic mass is 9.98. The van der Waals surface area contributed by atoms with Gasteiger partial charge in [-0.3, -0.25) is 0 Å². The average molecular weight is 522 g/mol. The number of rotatable bonds is 11. The Morgan fingerprint density at radius 3 is 2.36 bits per heavy atom. The fourth-order valence-corrected chi connectivity index (χ4v) is 4.98. The normalized spacial score (nSPS) is 14.2. The Morgan fingerprint density at radius 2 is 1.56 bits per heavy atom. The molecule has 5 nitrogen and oxygen atoms in total. The van der Waals surface area contributed by atoms with Crippen molar-refractivity contribution < 1.29 is 19.0 Å². The second kappa shape index (κ2) is 13.1. The summed E-state index contributed by atoms with van der Waals surface area (Å²) in [6.07, 6.45) is 3.81. The zero-order valence-electron chi connectivity index (χ0n) is 22.4. The first-order valence-corrected chi connectivity index (χ1v) is 13.6.